The zero-order valence-electron chi connectivity index (χ0n) is 12.8. The van der Waals surface area contributed by atoms with Gasteiger partial charge in [0, 0.05) is 5.33 Å². The van der Waals surface area contributed by atoms with Gasteiger partial charge in [-0.15, -0.1) is 0 Å². The number of aliphatic hydroxyl groups excluding tert-OH is 2. The second-order valence-corrected chi connectivity index (χ2v) is 7.07. The lowest BCUT2D eigenvalue weighted by molar-refractivity contribution is 0.00578. The number of halogens is 1. The van der Waals surface area contributed by atoms with Crippen molar-refractivity contribution in [1.82, 2.24) is 0 Å². The van der Waals surface area contributed by atoms with Crippen molar-refractivity contribution < 1.29 is 19.5 Å². The van der Waals surface area contributed by atoms with Gasteiger partial charge in [-0.3, -0.25) is 0 Å². The first-order valence-electron chi connectivity index (χ1n) is 7.05. The van der Waals surface area contributed by atoms with Crippen molar-refractivity contribution in [2.24, 2.45) is 0 Å². The zero-order chi connectivity index (χ0) is 15.8. The lowest BCUT2D eigenvalue weighted by atomic mass is 9.78. The van der Waals surface area contributed by atoms with E-state index in [4.69, 9.17) is 9.31 Å². The van der Waals surface area contributed by atoms with Crippen molar-refractivity contribution in [3.63, 3.8) is 0 Å². The van der Waals surface area contributed by atoms with Gasteiger partial charge in [0.2, 0.25) is 0 Å². The summed E-state index contributed by atoms with van der Waals surface area (Å²) in [6.07, 6.45) is -1.79. The van der Waals surface area contributed by atoms with Crippen LogP contribution in [0.25, 0.3) is 0 Å². The fraction of sp³-hybridized carbons (Fsp3) is 0.600. The molecule has 0 radical (unpaired) electrons. The molecule has 6 heteroatoms. The van der Waals surface area contributed by atoms with E-state index in [1.165, 1.54) is 0 Å². The molecule has 116 valence electrons. The highest BCUT2D eigenvalue weighted by Gasteiger charge is 2.51. The molecular formula is C15H22BBrO4. The average molecular weight is 357 g/mol. The maximum atomic E-state index is 10.1. The Kier molecular flexibility index (Phi) is 4.86. The topological polar surface area (TPSA) is 58.9 Å². The number of rotatable bonds is 4. The lowest BCUT2D eigenvalue weighted by Gasteiger charge is -2.32. The first-order valence-corrected chi connectivity index (χ1v) is 8.18. The zero-order valence-corrected chi connectivity index (χ0v) is 14.4. The van der Waals surface area contributed by atoms with Crippen LogP contribution in [-0.2, 0) is 9.31 Å². The van der Waals surface area contributed by atoms with E-state index in [0.717, 1.165) is 5.46 Å². The highest BCUT2D eigenvalue weighted by Crippen LogP contribution is 2.36. The Labute approximate surface area is 134 Å². The minimum atomic E-state index is -0.938. The van der Waals surface area contributed by atoms with E-state index in [2.05, 4.69) is 15.9 Å². The van der Waals surface area contributed by atoms with Gasteiger partial charge >= 0.3 is 7.12 Å². The summed E-state index contributed by atoms with van der Waals surface area (Å²) in [5.74, 6) is 0. The maximum Gasteiger partial charge on any atom is 0.494 e. The van der Waals surface area contributed by atoms with Crippen molar-refractivity contribution in [2.45, 2.75) is 51.1 Å². The van der Waals surface area contributed by atoms with E-state index in [9.17, 15) is 10.2 Å². The van der Waals surface area contributed by atoms with E-state index in [0.29, 0.717) is 10.9 Å². The minimum Gasteiger partial charge on any atom is -0.399 e. The van der Waals surface area contributed by atoms with Crippen LogP contribution in [0, 0.1) is 0 Å². The van der Waals surface area contributed by atoms with Gasteiger partial charge in [0.15, 0.2) is 0 Å². The predicted molar refractivity (Wildman–Crippen MR) is 86.9 cm³/mol. The van der Waals surface area contributed by atoms with Crippen LogP contribution >= 0.6 is 15.9 Å². The number of alkyl halides is 1. The summed E-state index contributed by atoms with van der Waals surface area (Å²) in [4.78, 5) is 0. The summed E-state index contributed by atoms with van der Waals surface area (Å²) in [5.41, 5.74) is 0.685. The number of aliphatic hydroxyl groups is 2. The largest absolute Gasteiger partial charge is 0.494 e. The van der Waals surface area contributed by atoms with Crippen LogP contribution in [0.15, 0.2) is 24.3 Å². The quantitative estimate of drug-likeness (QED) is 0.637. The van der Waals surface area contributed by atoms with Crippen LogP contribution in [0.5, 0.6) is 0 Å². The van der Waals surface area contributed by atoms with Crippen LogP contribution in [-0.4, -0.2) is 40.0 Å². The Morgan fingerprint density at radius 3 is 2.24 bits per heavy atom. The molecule has 2 unspecified atom stereocenters. The molecule has 1 aromatic carbocycles. The Hall–Kier alpha value is -0.395. The Morgan fingerprint density at radius 1 is 1.14 bits per heavy atom. The van der Waals surface area contributed by atoms with Gasteiger partial charge in [-0.25, -0.2) is 0 Å². The smallest absolute Gasteiger partial charge is 0.399 e. The molecular weight excluding hydrogens is 335 g/mol. The number of hydrogen-bond donors (Lipinski definition) is 2. The summed E-state index contributed by atoms with van der Waals surface area (Å²) in [7, 11) is -0.469. The molecule has 1 fully saturated rings. The third-order valence-corrected chi connectivity index (χ3v) is 4.96. The van der Waals surface area contributed by atoms with Crippen molar-refractivity contribution in [3.8, 4) is 0 Å². The van der Waals surface area contributed by atoms with E-state index < -0.39 is 30.5 Å². The fourth-order valence-electron chi connectivity index (χ4n) is 2.18. The van der Waals surface area contributed by atoms with Gasteiger partial charge in [-0.2, -0.15) is 0 Å². The Morgan fingerprint density at radius 2 is 1.71 bits per heavy atom. The Balaban J connectivity index is 2.23. The minimum absolute atomic E-state index is 0.314. The molecule has 0 spiro atoms. The SMILES string of the molecule is CC1(C)OB(c2cccc(C(O)C(O)CBr)c2)OC1(C)C. The van der Waals surface area contributed by atoms with Crippen LogP contribution in [0.3, 0.4) is 0 Å². The summed E-state index contributed by atoms with van der Waals surface area (Å²) in [5, 5.41) is 20.2. The molecule has 0 bridgehead atoms. The molecule has 1 aliphatic heterocycles. The van der Waals surface area contributed by atoms with Crippen molar-refractivity contribution in [1.29, 1.82) is 0 Å². The van der Waals surface area contributed by atoms with Crippen LogP contribution in [0.2, 0.25) is 0 Å². The molecule has 4 nitrogen and oxygen atoms in total. The molecule has 0 amide bonds. The van der Waals surface area contributed by atoms with Gasteiger partial charge in [-0.1, -0.05) is 40.2 Å². The number of hydrogen-bond acceptors (Lipinski definition) is 4. The third-order valence-electron chi connectivity index (χ3n) is 4.30. The summed E-state index contributed by atoms with van der Waals surface area (Å²) in [6, 6.07) is 7.34. The molecule has 2 atom stereocenters. The average Bonchev–Trinajstić information content (AvgIpc) is 2.66. The summed E-state index contributed by atoms with van der Waals surface area (Å²) >= 11 is 3.17. The second kappa shape index (κ2) is 6.01. The van der Waals surface area contributed by atoms with Crippen LogP contribution in [0.1, 0.15) is 39.4 Å². The molecule has 21 heavy (non-hydrogen) atoms. The predicted octanol–water partition coefficient (Wildman–Crippen LogP) is 1.77. The van der Waals surface area contributed by atoms with Gasteiger partial charge < -0.3 is 19.5 Å². The first kappa shape index (κ1) is 17.0. The van der Waals surface area contributed by atoms with Gasteiger partial charge in [0.25, 0.3) is 0 Å². The fourth-order valence-corrected chi connectivity index (χ4v) is 2.53. The molecule has 2 rings (SSSR count). The molecule has 0 aromatic heterocycles. The van der Waals surface area contributed by atoms with Gasteiger partial charge in [-0.05, 0) is 38.7 Å². The number of benzene rings is 1. The van der Waals surface area contributed by atoms with E-state index in [-0.39, 0.29) is 0 Å². The van der Waals surface area contributed by atoms with Crippen LogP contribution in [0.4, 0.5) is 0 Å². The summed E-state index contributed by atoms with van der Waals surface area (Å²) in [6.45, 7) is 8.00. The van der Waals surface area contributed by atoms with E-state index in [1.54, 1.807) is 6.07 Å². The van der Waals surface area contributed by atoms with Crippen molar-refractivity contribution in [2.75, 3.05) is 5.33 Å². The van der Waals surface area contributed by atoms with E-state index in [1.807, 2.05) is 45.9 Å². The Bertz CT molecular complexity index is 490. The summed E-state index contributed by atoms with van der Waals surface area (Å²) < 4.78 is 12.0. The highest BCUT2D eigenvalue weighted by molar-refractivity contribution is 9.09. The molecule has 0 aliphatic carbocycles. The highest BCUT2D eigenvalue weighted by atomic mass is 79.9. The normalized spacial score (nSPS) is 23.1. The molecule has 1 aromatic rings. The maximum absolute atomic E-state index is 10.1. The molecule has 2 N–H and O–H groups in total. The second-order valence-electron chi connectivity index (χ2n) is 6.42. The van der Waals surface area contributed by atoms with Gasteiger partial charge in [0.05, 0.1) is 17.3 Å². The first-order chi connectivity index (χ1) is 9.68. The molecule has 0 saturated carbocycles. The monoisotopic (exact) mass is 356 g/mol. The van der Waals surface area contributed by atoms with Gasteiger partial charge in [0.1, 0.15) is 6.10 Å². The van der Waals surface area contributed by atoms with E-state index >= 15 is 0 Å². The lowest BCUT2D eigenvalue weighted by Crippen LogP contribution is -2.41. The molecule has 1 aliphatic rings. The van der Waals surface area contributed by atoms with Crippen LogP contribution < -0.4 is 5.46 Å². The van der Waals surface area contributed by atoms with Crippen molar-refractivity contribution >= 4 is 28.5 Å². The third kappa shape index (κ3) is 3.35. The van der Waals surface area contributed by atoms with Crippen molar-refractivity contribution in [3.05, 3.63) is 29.8 Å². The standard InChI is InChI=1S/C15H22BBrO4/c1-14(2)15(3,4)21-16(20-14)11-7-5-6-10(8-11)13(19)12(18)9-17/h5-8,12-13,18-19H,9H2,1-4H3. The molecule has 1 heterocycles. The molecule has 1 saturated heterocycles.